The largest absolute Gasteiger partial charge is 0.343 e. The van der Waals surface area contributed by atoms with E-state index in [0.717, 1.165) is 11.1 Å². The number of hydrogen-bond donors (Lipinski definition) is 4. The lowest BCUT2D eigenvalue weighted by Crippen LogP contribution is -2.53. The van der Waals surface area contributed by atoms with E-state index < -0.39 is 12.1 Å². The molecule has 2 atom stereocenters. The van der Waals surface area contributed by atoms with E-state index in [1.54, 1.807) is 0 Å². The lowest BCUT2D eigenvalue weighted by atomic mass is 9.95. The van der Waals surface area contributed by atoms with E-state index in [2.05, 4.69) is 10.6 Å². The van der Waals surface area contributed by atoms with E-state index in [0.29, 0.717) is 6.42 Å². The molecule has 0 aliphatic heterocycles. The average Bonchev–Trinajstić information content (AvgIpc) is 2.70. The molecule has 0 aliphatic rings. The molecule has 0 aromatic heterocycles. The number of amides is 3. The molecule has 0 aliphatic carbocycles. The third-order valence-electron chi connectivity index (χ3n) is 4.44. The number of hydroxylamine groups is 1. The van der Waals surface area contributed by atoms with Crippen molar-refractivity contribution >= 4 is 11.9 Å². The second kappa shape index (κ2) is 9.58. The maximum Gasteiger partial charge on any atom is 0.339 e. The fourth-order valence-electron chi connectivity index (χ4n) is 2.76. The van der Waals surface area contributed by atoms with Crippen molar-refractivity contribution in [2.75, 3.05) is 0 Å². The van der Waals surface area contributed by atoms with Gasteiger partial charge in [-0.05, 0) is 17.0 Å². The summed E-state index contributed by atoms with van der Waals surface area (Å²) in [5.74, 6) is -0.403. The van der Waals surface area contributed by atoms with Crippen LogP contribution in [-0.4, -0.2) is 23.2 Å². The van der Waals surface area contributed by atoms with Crippen molar-refractivity contribution < 1.29 is 14.8 Å². The Morgan fingerprint density at radius 3 is 1.85 bits per heavy atom. The van der Waals surface area contributed by atoms with Gasteiger partial charge in [0.15, 0.2) is 0 Å². The van der Waals surface area contributed by atoms with Crippen molar-refractivity contribution in [2.24, 2.45) is 5.92 Å². The van der Waals surface area contributed by atoms with E-state index in [1.165, 1.54) is 5.48 Å². The third-order valence-corrected chi connectivity index (χ3v) is 4.44. The molecule has 2 aromatic carbocycles. The molecule has 26 heavy (non-hydrogen) atoms. The lowest BCUT2D eigenvalue weighted by molar-refractivity contribution is -0.124. The number of benzene rings is 2. The van der Waals surface area contributed by atoms with Gasteiger partial charge in [0.05, 0.1) is 6.04 Å². The van der Waals surface area contributed by atoms with Gasteiger partial charge < -0.3 is 10.6 Å². The van der Waals surface area contributed by atoms with Gasteiger partial charge in [0.2, 0.25) is 5.91 Å². The summed E-state index contributed by atoms with van der Waals surface area (Å²) in [6, 6.07) is 17.4. The van der Waals surface area contributed by atoms with Crippen LogP contribution < -0.4 is 16.1 Å². The van der Waals surface area contributed by atoms with Crippen LogP contribution >= 0.6 is 0 Å². The normalized spacial score (nSPS) is 12.9. The summed E-state index contributed by atoms with van der Waals surface area (Å²) in [5, 5.41) is 14.3. The average molecular weight is 355 g/mol. The van der Waals surface area contributed by atoms with Crippen molar-refractivity contribution in [2.45, 2.75) is 32.4 Å². The summed E-state index contributed by atoms with van der Waals surface area (Å²) < 4.78 is 0. The molecule has 2 rings (SSSR count). The molecule has 0 bridgehead atoms. The SMILES string of the molecule is CCC(C)C(NC(=O)NO)C(=O)NC(c1ccccc1)c1ccccc1. The first-order chi connectivity index (χ1) is 12.6. The molecule has 3 amide bonds. The van der Waals surface area contributed by atoms with Gasteiger partial charge in [0.25, 0.3) is 0 Å². The van der Waals surface area contributed by atoms with Crippen LogP contribution in [0, 0.1) is 5.92 Å². The van der Waals surface area contributed by atoms with Gasteiger partial charge in [-0.2, -0.15) is 0 Å². The minimum atomic E-state index is -0.804. The molecule has 0 saturated heterocycles. The molecule has 138 valence electrons. The van der Waals surface area contributed by atoms with Crippen LogP contribution in [0.25, 0.3) is 0 Å². The Balaban J connectivity index is 2.28. The smallest absolute Gasteiger partial charge is 0.339 e. The lowest BCUT2D eigenvalue weighted by Gasteiger charge is -2.27. The van der Waals surface area contributed by atoms with E-state index in [1.807, 2.05) is 74.5 Å². The van der Waals surface area contributed by atoms with Crippen LogP contribution in [0.4, 0.5) is 4.79 Å². The van der Waals surface area contributed by atoms with E-state index >= 15 is 0 Å². The molecule has 0 saturated carbocycles. The standard InChI is InChI=1S/C20H25N3O3/c1-3-14(2)17(22-20(25)23-26)19(24)21-18(15-10-6-4-7-11-15)16-12-8-5-9-13-16/h4-14,17-18,26H,3H2,1-2H3,(H,21,24)(H2,22,23,25). The minimum Gasteiger partial charge on any atom is -0.343 e. The highest BCUT2D eigenvalue weighted by Crippen LogP contribution is 2.22. The number of hydrogen-bond acceptors (Lipinski definition) is 3. The molecule has 0 heterocycles. The van der Waals surface area contributed by atoms with E-state index in [9.17, 15) is 9.59 Å². The Morgan fingerprint density at radius 1 is 0.923 bits per heavy atom. The predicted molar refractivity (Wildman–Crippen MR) is 99.6 cm³/mol. The first kappa shape index (κ1) is 19.5. The van der Waals surface area contributed by atoms with E-state index in [-0.39, 0.29) is 17.9 Å². The number of rotatable bonds is 7. The summed E-state index contributed by atoms with van der Waals surface area (Å²) >= 11 is 0. The molecule has 0 spiro atoms. The molecule has 0 radical (unpaired) electrons. The van der Waals surface area contributed by atoms with Crippen LogP contribution in [0.1, 0.15) is 37.4 Å². The second-order valence-electron chi connectivity index (χ2n) is 6.21. The Kier molecular flexibility index (Phi) is 7.17. The van der Waals surface area contributed by atoms with Crippen LogP contribution in [0.2, 0.25) is 0 Å². The zero-order chi connectivity index (χ0) is 18.9. The highest BCUT2D eigenvalue weighted by atomic mass is 16.5. The Hall–Kier alpha value is -2.86. The second-order valence-corrected chi connectivity index (χ2v) is 6.21. The van der Waals surface area contributed by atoms with Gasteiger partial charge in [-0.1, -0.05) is 80.9 Å². The van der Waals surface area contributed by atoms with Gasteiger partial charge in [-0.25, -0.2) is 10.3 Å². The summed E-state index contributed by atoms with van der Waals surface area (Å²) in [5.41, 5.74) is 3.41. The molecule has 6 nitrogen and oxygen atoms in total. The number of carbonyl (C=O) groups excluding carboxylic acids is 2. The Bertz CT molecular complexity index is 667. The predicted octanol–water partition coefficient (Wildman–Crippen LogP) is 3.00. The first-order valence-corrected chi connectivity index (χ1v) is 8.67. The quantitative estimate of drug-likeness (QED) is 0.455. The Morgan fingerprint density at radius 2 is 1.42 bits per heavy atom. The molecule has 0 fully saturated rings. The fourth-order valence-corrected chi connectivity index (χ4v) is 2.76. The van der Waals surface area contributed by atoms with Gasteiger partial charge >= 0.3 is 6.03 Å². The zero-order valence-corrected chi connectivity index (χ0v) is 15.0. The van der Waals surface area contributed by atoms with Crippen LogP contribution in [-0.2, 0) is 4.79 Å². The van der Waals surface area contributed by atoms with Crippen molar-refractivity contribution in [1.29, 1.82) is 0 Å². The number of urea groups is 1. The van der Waals surface area contributed by atoms with Crippen molar-refractivity contribution in [3.8, 4) is 0 Å². The topological polar surface area (TPSA) is 90.5 Å². The molecule has 6 heteroatoms. The van der Waals surface area contributed by atoms with Gasteiger partial charge in [-0.3, -0.25) is 10.0 Å². The highest BCUT2D eigenvalue weighted by molar-refractivity contribution is 5.87. The van der Waals surface area contributed by atoms with E-state index in [4.69, 9.17) is 5.21 Å². The van der Waals surface area contributed by atoms with Crippen molar-refractivity contribution in [1.82, 2.24) is 16.1 Å². The summed E-state index contributed by atoms with van der Waals surface area (Å²) in [6.45, 7) is 3.82. The van der Waals surface area contributed by atoms with Gasteiger partial charge in [0, 0.05) is 0 Å². The summed E-state index contributed by atoms with van der Waals surface area (Å²) in [6.07, 6.45) is 0.700. The van der Waals surface area contributed by atoms with Crippen molar-refractivity contribution in [3.63, 3.8) is 0 Å². The highest BCUT2D eigenvalue weighted by Gasteiger charge is 2.28. The molecule has 4 N–H and O–H groups in total. The third kappa shape index (κ3) is 5.07. The molecule has 2 aromatic rings. The van der Waals surface area contributed by atoms with Gasteiger partial charge in [-0.15, -0.1) is 0 Å². The molecular weight excluding hydrogens is 330 g/mol. The molecular formula is C20H25N3O3. The maximum atomic E-state index is 12.9. The Labute approximate surface area is 153 Å². The van der Waals surface area contributed by atoms with Crippen molar-refractivity contribution in [3.05, 3.63) is 71.8 Å². The maximum absolute atomic E-state index is 12.9. The zero-order valence-electron chi connectivity index (χ0n) is 15.0. The summed E-state index contributed by atoms with van der Waals surface area (Å²) in [4.78, 5) is 24.4. The fraction of sp³-hybridized carbons (Fsp3) is 0.300. The summed E-state index contributed by atoms with van der Waals surface area (Å²) in [7, 11) is 0. The van der Waals surface area contributed by atoms with Crippen LogP contribution in [0.15, 0.2) is 60.7 Å². The van der Waals surface area contributed by atoms with Gasteiger partial charge in [0.1, 0.15) is 6.04 Å². The first-order valence-electron chi connectivity index (χ1n) is 8.67. The van der Waals surface area contributed by atoms with Crippen LogP contribution in [0.5, 0.6) is 0 Å². The van der Waals surface area contributed by atoms with Crippen LogP contribution in [0.3, 0.4) is 0 Å². The molecule has 2 unspecified atom stereocenters. The number of carbonyl (C=O) groups is 2. The monoisotopic (exact) mass is 355 g/mol. The number of nitrogens with one attached hydrogen (secondary N) is 3. The minimum absolute atomic E-state index is 0.0977.